The van der Waals surface area contributed by atoms with Crippen LogP contribution in [0.2, 0.25) is 0 Å². The molecular weight excluding hydrogens is 168 g/mol. The number of carbonyl (C=O) groups is 1. The lowest BCUT2D eigenvalue weighted by Crippen LogP contribution is -2.14. The first-order valence-electron chi connectivity index (χ1n) is 3.92. The Balaban J connectivity index is 2.71. The fraction of sp³-hybridized carbons (Fsp3) is 0.222. The second kappa shape index (κ2) is 3.91. The summed E-state index contributed by atoms with van der Waals surface area (Å²) in [5.41, 5.74) is 12.5. The third-order valence-corrected chi connectivity index (χ3v) is 1.76. The number of aliphatic carboxylic acids is 1. The molecule has 0 aliphatic rings. The number of nitrogens with two attached hydrogens (primary N) is 2. The minimum absolute atomic E-state index is 0.0656. The number of nitrogen functional groups attached to an aromatic ring is 1. The van der Waals surface area contributed by atoms with Gasteiger partial charge in [-0.15, -0.1) is 0 Å². The van der Waals surface area contributed by atoms with Gasteiger partial charge < -0.3 is 16.6 Å². The Morgan fingerprint density at radius 2 is 1.92 bits per heavy atom. The van der Waals surface area contributed by atoms with Crippen LogP contribution in [0.1, 0.15) is 18.0 Å². The zero-order chi connectivity index (χ0) is 9.84. The number of carboxylic acids is 1. The van der Waals surface area contributed by atoms with Crippen molar-refractivity contribution in [2.24, 2.45) is 5.73 Å². The maximum atomic E-state index is 10.3. The Bertz CT molecular complexity index is 295. The Hall–Kier alpha value is -1.55. The van der Waals surface area contributed by atoms with E-state index >= 15 is 0 Å². The first-order valence-corrected chi connectivity index (χ1v) is 3.92. The molecule has 70 valence electrons. The maximum absolute atomic E-state index is 10.3. The number of hydrogen-bond acceptors (Lipinski definition) is 3. The van der Waals surface area contributed by atoms with Crippen molar-refractivity contribution in [2.75, 3.05) is 5.73 Å². The molecule has 0 amide bonds. The van der Waals surface area contributed by atoms with Crippen molar-refractivity contribution in [3.8, 4) is 0 Å². The number of benzene rings is 1. The van der Waals surface area contributed by atoms with Crippen LogP contribution in [0.3, 0.4) is 0 Å². The molecule has 5 N–H and O–H groups in total. The highest BCUT2D eigenvalue weighted by molar-refractivity contribution is 5.67. The Morgan fingerprint density at radius 1 is 1.38 bits per heavy atom. The predicted octanol–water partition coefficient (Wildman–Crippen LogP) is 0.743. The van der Waals surface area contributed by atoms with Gasteiger partial charge >= 0.3 is 5.97 Å². The number of carboxylic acid groups (broad SMARTS) is 1. The first kappa shape index (κ1) is 9.54. The van der Waals surface area contributed by atoms with E-state index in [1.165, 1.54) is 0 Å². The summed E-state index contributed by atoms with van der Waals surface area (Å²) < 4.78 is 0. The van der Waals surface area contributed by atoms with Gasteiger partial charge in [0.2, 0.25) is 0 Å². The average molecular weight is 180 g/mol. The molecule has 0 saturated carbocycles. The van der Waals surface area contributed by atoms with Crippen molar-refractivity contribution >= 4 is 11.7 Å². The summed E-state index contributed by atoms with van der Waals surface area (Å²) in [4.78, 5) is 10.3. The van der Waals surface area contributed by atoms with Crippen molar-refractivity contribution in [1.29, 1.82) is 0 Å². The van der Waals surface area contributed by atoms with E-state index in [1.54, 1.807) is 24.3 Å². The van der Waals surface area contributed by atoms with Crippen LogP contribution in [0, 0.1) is 0 Å². The molecule has 0 heterocycles. The van der Waals surface area contributed by atoms with Crippen LogP contribution in [0.4, 0.5) is 5.69 Å². The standard InChI is InChI=1S/C9H12N2O2/c10-7-3-1-6(2-4-7)8(11)5-9(12)13/h1-4,8H,5,10-11H2,(H,12,13)/t8-/m1/s1. The molecule has 13 heavy (non-hydrogen) atoms. The zero-order valence-corrected chi connectivity index (χ0v) is 7.10. The molecule has 0 saturated heterocycles. The average Bonchev–Trinajstić information content (AvgIpc) is 2.04. The monoisotopic (exact) mass is 180 g/mol. The van der Waals surface area contributed by atoms with Crippen LogP contribution in [-0.2, 0) is 4.79 Å². The molecule has 4 heteroatoms. The summed E-state index contributed by atoms with van der Waals surface area (Å²) in [5, 5.41) is 8.50. The van der Waals surface area contributed by atoms with E-state index in [-0.39, 0.29) is 6.42 Å². The van der Waals surface area contributed by atoms with Gasteiger partial charge in [0.1, 0.15) is 0 Å². The van der Waals surface area contributed by atoms with Crippen LogP contribution < -0.4 is 11.5 Å². The van der Waals surface area contributed by atoms with Crippen LogP contribution in [0.5, 0.6) is 0 Å². The molecule has 1 rings (SSSR count). The van der Waals surface area contributed by atoms with E-state index in [1.807, 2.05) is 0 Å². The van der Waals surface area contributed by atoms with E-state index in [0.29, 0.717) is 5.69 Å². The van der Waals surface area contributed by atoms with Gasteiger partial charge in [0, 0.05) is 11.7 Å². The van der Waals surface area contributed by atoms with Crippen LogP contribution >= 0.6 is 0 Å². The summed E-state index contributed by atoms with van der Waals surface area (Å²) in [6.45, 7) is 0. The summed E-state index contributed by atoms with van der Waals surface area (Å²) in [6, 6.07) is 6.43. The van der Waals surface area contributed by atoms with Gasteiger partial charge in [0.05, 0.1) is 6.42 Å². The Labute approximate surface area is 76.2 Å². The molecule has 0 spiro atoms. The smallest absolute Gasteiger partial charge is 0.305 e. The third-order valence-electron chi connectivity index (χ3n) is 1.76. The summed E-state index contributed by atoms with van der Waals surface area (Å²) in [5.74, 6) is -0.899. The minimum atomic E-state index is -0.899. The molecule has 4 nitrogen and oxygen atoms in total. The fourth-order valence-corrected chi connectivity index (χ4v) is 1.05. The van der Waals surface area contributed by atoms with Gasteiger partial charge in [-0.25, -0.2) is 0 Å². The molecule has 0 fully saturated rings. The molecule has 1 atom stereocenters. The first-order chi connectivity index (χ1) is 6.09. The van der Waals surface area contributed by atoms with Gasteiger partial charge in [0.15, 0.2) is 0 Å². The molecule has 0 unspecified atom stereocenters. The lowest BCUT2D eigenvalue weighted by molar-refractivity contribution is -0.137. The zero-order valence-electron chi connectivity index (χ0n) is 7.10. The summed E-state index contributed by atoms with van der Waals surface area (Å²) >= 11 is 0. The highest BCUT2D eigenvalue weighted by Crippen LogP contribution is 2.15. The lowest BCUT2D eigenvalue weighted by atomic mass is 10.0. The van der Waals surface area contributed by atoms with Crippen LogP contribution in [0.15, 0.2) is 24.3 Å². The molecule has 0 radical (unpaired) electrons. The minimum Gasteiger partial charge on any atom is -0.481 e. The van der Waals surface area contributed by atoms with Gasteiger partial charge in [-0.1, -0.05) is 12.1 Å². The highest BCUT2D eigenvalue weighted by Gasteiger charge is 2.09. The molecule has 0 aromatic heterocycles. The van der Waals surface area contributed by atoms with Gasteiger partial charge in [-0.2, -0.15) is 0 Å². The van der Waals surface area contributed by atoms with Crippen LogP contribution in [-0.4, -0.2) is 11.1 Å². The van der Waals surface area contributed by atoms with Crippen molar-refractivity contribution in [1.82, 2.24) is 0 Å². The largest absolute Gasteiger partial charge is 0.481 e. The van der Waals surface area contributed by atoms with E-state index in [4.69, 9.17) is 16.6 Å². The lowest BCUT2D eigenvalue weighted by Gasteiger charge is -2.08. The van der Waals surface area contributed by atoms with E-state index in [0.717, 1.165) is 5.56 Å². The number of hydrogen-bond donors (Lipinski definition) is 3. The Morgan fingerprint density at radius 3 is 2.38 bits per heavy atom. The quantitative estimate of drug-likeness (QED) is 0.598. The summed E-state index contributed by atoms with van der Waals surface area (Å²) in [7, 11) is 0. The second-order valence-corrected chi connectivity index (χ2v) is 2.87. The van der Waals surface area contributed by atoms with E-state index in [2.05, 4.69) is 0 Å². The van der Waals surface area contributed by atoms with E-state index < -0.39 is 12.0 Å². The number of rotatable bonds is 3. The van der Waals surface area contributed by atoms with Gasteiger partial charge in [-0.05, 0) is 17.7 Å². The predicted molar refractivity (Wildman–Crippen MR) is 50.0 cm³/mol. The van der Waals surface area contributed by atoms with Gasteiger partial charge in [-0.3, -0.25) is 4.79 Å². The van der Waals surface area contributed by atoms with Crippen LogP contribution in [0.25, 0.3) is 0 Å². The van der Waals surface area contributed by atoms with E-state index in [9.17, 15) is 4.79 Å². The Kier molecular flexibility index (Phi) is 2.87. The number of anilines is 1. The topological polar surface area (TPSA) is 89.3 Å². The fourth-order valence-electron chi connectivity index (χ4n) is 1.05. The summed E-state index contributed by atoms with van der Waals surface area (Å²) in [6.07, 6.45) is -0.0656. The normalized spacial score (nSPS) is 12.4. The van der Waals surface area contributed by atoms with Crippen molar-refractivity contribution in [3.05, 3.63) is 29.8 Å². The third kappa shape index (κ3) is 2.76. The second-order valence-electron chi connectivity index (χ2n) is 2.87. The van der Waals surface area contributed by atoms with Gasteiger partial charge in [0.25, 0.3) is 0 Å². The molecular formula is C9H12N2O2. The molecule has 0 aliphatic carbocycles. The molecule has 0 bridgehead atoms. The molecule has 1 aromatic rings. The SMILES string of the molecule is Nc1ccc([C@H](N)CC(=O)O)cc1. The molecule has 1 aromatic carbocycles. The highest BCUT2D eigenvalue weighted by atomic mass is 16.4. The van der Waals surface area contributed by atoms with Crippen molar-refractivity contribution in [3.63, 3.8) is 0 Å². The van der Waals surface area contributed by atoms with Crippen molar-refractivity contribution in [2.45, 2.75) is 12.5 Å². The van der Waals surface area contributed by atoms with Crippen molar-refractivity contribution < 1.29 is 9.90 Å². The molecule has 0 aliphatic heterocycles. The maximum Gasteiger partial charge on any atom is 0.305 e.